The molecule has 1 aromatic rings. The normalized spacial score (nSPS) is 26.9. The van der Waals surface area contributed by atoms with Crippen molar-refractivity contribution in [2.45, 2.75) is 29.9 Å². The molecule has 3 rings (SSSR count). The molecular formula is C12H14Br2N2O3S. The number of sulfonamides is 1. The van der Waals surface area contributed by atoms with Crippen LogP contribution in [-0.4, -0.2) is 38.0 Å². The molecule has 2 unspecified atom stereocenters. The largest absolute Gasteiger partial charge is 0.398 e. The van der Waals surface area contributed by atoms with Gasteiger partial charge in [-0.2, -0.15) is 4.31 Å². The number of ether oxygens (including phenoxy) is 1. The molecule has 2 aliphatic heterocycles. The molecule has 20 heavy (non-hydrogen) atoms. The predicted molar refractivity (Wildman–Crippen MR) is 82.9 cm³/mol. The first kappa shape index (κ1) is 14.8. The second kappa shape index (κ2) is 5.24. The van der Waals surface area contributed by atoms with Crippen molar-refractivity contribution < 1.29 is 13.2 Å². The van der Waals surface area contributed by atoms with Gasteiger partial charge in [-0.25, -0.2) is 8.42 Å². The summed E-state index contributed by atoms with van der Waals surface area (Å²) < 4.78 is 34.0. The lowest BCUT2D eigenvalue weighted by atomic mass is 10.2. The van der Waals surface area contributed by atoms with Crippen LogP contribution in [0, 0.1) is 0 Å². The lowest BCUT2D eigenvalue weighted by Crippen LogP contribution is -2.45. The fraction of sp³-hybridized carbons (Fsp3) is 0.500. The van der Waals surface area contributed by atoms with Gasteiger partial charge in [-0.15, -0.1) is 0 Å². The molecule has 2 aliphatic rings. The first-order valence-corrected chi connectivity index (χ1v) is 9.30. The Morgan fingerprint density at radius 2 is 1.80 bits per heavy atom. The van der Waals surface area contributed by atoms with Gasteiger partial charge in [-0.3, -0.25) is 0 Å². The number of rotatable bonds is 2. The van der Waals surface area contributed by atoms with Crippen molar-refractivity contribution >= 4 is 47.6 Å². The standard InChI is InChI=1S/C12H14Br2N2O3S/c13-7-3-10(14)12(11(15)4-7)20(17,18)16-5-8-1-2-9(6-16)19-8/h3-4,8-9H,1-2,5-6,15H2. The fourth-order valence-electron chi connectivity index (χ4n) is 2.76. The van der Waals surface area contributed by atoms with Crippen LogP contribution < -0.4 is 5.73 Å². The number of morpholine rings is 1. The Hall–Kier alpha value is -0.150. The van der Waals surface area contributed by atoms with E-state index in [0.717, 1.165) is 17.3 Å². The van der Waals surface area contributed by atoms with E-state index in [2.05, 4.69) is 31.9 Å². The zero-order valence-electron chi connectivity index (χ0n) is 10.6. The Kier molecular flexibility index (Phi) is 3.87. The number of nitrogens with two attached hydrogens (primary N) is 1. The zero-order chi connectivity index (χ0) is 14.5. The summed E-state index contributed by atoms with van der Waals surface area (Å²) in [5.41, 5.74) is 6.14. The van der Waals surface area contributed by atoms with Gasteiger partial charge in [0.25, 0.3) is 0 Å². The molecule has 8 heteroatoms. The van der Waals surface area contributed by atoms with Gasteiger partial charge in [-0.05, 0) is 40.9 Å². The Balaban J connectivity index is 2.00. The first-order valence-electron chi connectivity index (χ1n) is 6.28. The van der Waals surface area contributed by atoms with Crippen molar-refractivity contribution in [2.24, 2.45) is 0 Å². The van der Waals surface area contributed by atoms with E-state index in [4.69, 9.17) is 10.5 Å². The van der Waals surface area contributed by atoms with E-state index in [-0.39, 0.29) is 22.8 Å². The third kappa shape index (κ3) is 2.52. The molecule has 2 N–H and O–H groups in total. The Labute approximate surface area is 134 Å². The summed E-state index contributed by atoms with van der Waals surface area (Å²) in [4.78, 5) is 0.141. The van der Waals surface area contributed by atoms with Gasteiger partial charge < -0.3 is 10.5 Å². The smallest absolute Gasteiger partial charge is 0.246 e. The van der Waals surface area contributed by atoms with Gasteiger partial charge in [0.1, 0.15) is 4.90 Å². The third-order valence-electron chi connectivity index (χ3n) is 3.65. The average molecular weight is 426 g/mol. The highest BCUT2D eigenvalue weighted by atomic mass is 79.9. The van der Waals surface area contributed by atoms with Crippen LogP contribution in [0.4, 0.5) is 5.69 Å². The summed E-state index contributed by atoms with van der Waals surface area (Å²) in [5, 5.41) is 0. The molecule has 0 radical (unpaired) electrons. The summed E-state index contributed by atoms with van der Waals surface area (Å²) in [6.45, 7) is 0.807. The predicted octanol–water partition coefficient (Wildman–Crippen LogP) is 2.35. The number of halogens is 2. The molecular weight excluding hydrogens is 412 g/mol. The molecule has 5 nitrogen and oxygen atoms in total. The molecule has 2 atom stereocenters. The summed E-state index contributed by atoms with van der Waals surface area (Å²) in [6.07, 6.45) is 1.87. The van der Waals surface area contributed by atoms with Gasteiger partial charge in [0.05, 0.1) is 17.9 Å². The van der Waals surface area contributed by atoms with E-state index < -0.39 is 10.0 Å². The first-order chi connectivity index (χ1) is 9.38. The van der Waals surface area contributed by atoms with Crippen molar-refractivity contribution in [3.8, 4) is 0 Å². The third-order valence-corrected chi connectivity index (χ3v) is 6.94. The van der Waals surface area contributed by atoms with Crippen LogP contribution in [0.2, 0.25) is 0 Å². The van der Waals surface area contributed by atoms with Crippen LogP contribution in [-0.2, 0) is 14.8 Å². The monoisotopic (exact) mass is 424 g/mol. The van der Waals surface area contributed by atoms with Crippen LogP contribution in [0.5, 0.6) is 0 Å². The molecule has 0 saturated carbocycles. The number of fused-ring (bicyclic) bond motifs is 2. The van der Waals surface area contributed by atoms with Gasteiger partial charge >= 0.3 is 0 Å². The van der Waals surface area contributed by atoms with E-state index in [1.54, 1.807) is 12.1 Å². The van der Waals surface area contributed by atoms with E-state index >= 15 is 0 Å². The number of benzene rings is 1. The zero-order valence-corrected chi connectivity index (χ0v) is 14.5. The van der Waals surface area contributed by atoms with Crippen LogP contribution in [0.3, 0.4) is 0 Å². The maximum absolute atomic E-state index is 12.8. The average Bonchev–Trinajstić information content (AvgIpc) is 2.66. The minimum Gasteiger partial charge on any atom is -0.398 e. The van der Waals surface area contributed by atoms with Gasteiger partial charge in [0.15, 0.2) is 0 Å². The van der Waals surface area contributed by atoms with E-state index in [9.17, 15) is 8.42 Å². The highest BCUT2D eigenvalue weighted by Gasteiger charge is 2.40. The number of nitrogen functional groups attached to an aromatic ring is 1. The molecule has 1 aromatic carbocycles. The van der Waals surface area contributed by atoms with Crippen molar-refractivity contribution in [1.29, 1.82) is 0 Å². The van der Waals surface area contributed by atoms with Crippen molar-refractivity contribution in [3.63, 3.8) is 0 Å². The van der Waals surface area contributed by atoms with Gasteiger partial charge in [0, 0.05) is 22.0 Å². The molecule has 2 fully saturated rings. The minimum absolute atomic E-state index is 0.0129. The molecule has 0 spiro atoms. The Morgan fingerprint density at radius 3 is 2.35 bits per heavy atom. The molecule has 2 saturated heterocycles. The number of nitrogens with zero attached hydrogens (tertiary/aromatic N) is 1. The maximum atomic E-state index is 12.8. The number of hydrogen-bond acceptors (Lipinski definition) is 4. The van der Waals surface area contributed by atoms with Crippen molar-refractivity contribution in [1.82, 2.24) is 4.31 Å². The lowest BCUT2D eigenvalue weighted by Gasteiger charge is -2.31. The summed E-state index contributed by atoms with van der Waals surface area (Å²) in [6, 6.07) is 3.30. The number of anilines is 1. The molecule has 0 aliphatic carbocycles. The van der Waals surface area contributed by atoms with E-state index in [1.165, 1.54) is 4.31 Å². The summed E-state index contributed by atoms with van der Waals surface area (Å²) in [5.74, 6) is 0. The van der Waals surface area contributed by atoms with Crippen molar-refractivity contribution in [2.75, 3.05) is 18.8 Å². The topological polar surface area (TPSA) is 72.6 Å². The fourth-order valence-corrected chi connectivity index (χ4v) is 6.27. The maximum Gasteiger partial charge on any atom is 0.246 e. The second-order valence-electron chi connectivity index (χ2n) is 5.09. The van der Waals surface area contributed by atoms with Gasteiger partial charge in [-0.1, -0.05) is 15.9 Å². The highest BCUT2D eigenvalue weighted by molar-refractivity contribution is 9.11. The Bertz CT molecular complexity index is 615. The van der Waals surface area contributed by atoms with Crippen LogP contribution in [0.1, 0.15) is 12.8 Å². The van der Waals surface area contributed by atoms with E-state index in [1.807, 2.05) is 0 Å². The number of hydrogen-bond donors (Lipinski definition) is 1. The summed E-state index contributed by atoms with van der Waals surface area (Å²) in [7, 11) is -3.61. The summed E-state index contributed by atoms with van der Waals surface area (Å²) >= 11 is 6.60. The Morgan fingerprint density at radius 1 is 1.20 bits per heavy atom. The molecule has 2 heterocycles. The van der Waals surface area contributed by atoms with Crippen LogP contribution in [0.25, 0.3) is 0 Å². The molecule has 110 valence electrons. The quantitative estimate of drug-likeness (QED) is 0.738. The molecule has 0 amide bonds. The highest BCUT2D eigenvalue weighted by Crippen LogP contribution is 2.36. The van der Waals surface area contributed by atoms with E-state index in [0.29, 0.717) is 17.6 Å². The van der Waals surface area contributed by atoms with Crippen molar-refractivity contribution in [3.05, 3.63) is 21.1 Å². The lowest BCUT2D eigenvalue weighted by molar-refractivity contribution is -0.0114. The van der Waals surface area contributed by atoms with Gasteiger partial charge in [0.2, 0.25) is 10.0 Å². The molecule has 2 bridgehead atoms. The van der Waals surface area contributed by atoms with Crippen LogP contribution in [0.15, 0.2) is 26.0 Å². The SMILES string of the molecule is Nc1cc(Br)cc(Br)c1S(=O)(=O)N1CC2CCC(C1)O2. The minimum atomic E-state index is -3.61. The molecule has 0 aromatic heterocycles. The second-order valence-corrected chi connectivity index (χ2v) is 8.73. The van der Waals surface area contributed by atoms with Crippen LogP contribution >= 0.6 is 31.9 Å².